The van der Waals surface area contributed by atoms with Gasteiger partial charge >= 0.3 is 5.97 Å². The van der Waals surface area contributed by atoms with Crippen LogP contribution in [0.4, 0.5) is 0 Å². The fraction of sp³-hybridized carbons (Fsp3) is 0.214. The molecule has 0 bridgehead atoms. The van der Waals surface area contributed by atoms with Crippen LogP contribution in [0.2, 0.25) is 0 Å². The van der Waals surface area contributed by atoms with E-state index in [0.29, 0.717) is 11.3 Å². The Morgan fingerprint density at radius 1 is 1.11 bits per heavy atom. The zero-order valence-corrected chi connectivity index (χ0v) is 10.3. The number of ether oxygens (including phenoxy) is 1. The first-order valence-electron chi connectivity index (χ1n) is 5.75. The van der Waals surface area contributed by atoms with Gasteiger partial charge in [0, 0.05) is 12.4 Å². The molecule has 0 saturated heterocycles. The Balaban J connectivity index is 2.28. The average Bonchev–Trinajstić information content (AvgIpc) is 2.39. The summed E-state index contributed by atoms with van der Waals surface area (Å²) >= 11 is 0. The van der Waals surface area contributed by atoms with Crippen LogP contribution in [0.5, 0.6) is 0 Å². The predicted octanol–water partition coefficient (Wildman–Crippen LogP) is 2.71. The first kappa shape index (κ1) is 12.2. The van der Waals surface area contributed by atoms with E-state index in [1.54, 1.807) is 24.5 Å². The van der Waals surface area contributed by atoms with Crippen molar-refractivity contribution in [1.82, 2.24) is 9.97 Å². The number of aromatic nitrogens is 2. The van der Waals surface area contributed by atoms with Crippen LogP contribution in [0.15, 0.2) is 42.7 Å². The minimum absolute atomic E-state index is 0.135. The van der Waals surface area contributed by atoms with E-state index < -0.39 is 0 Å². The van der Waals surface area contributed by atoms with Crippen molar-refractivity contribution in [3.05, 3.63) is 48.3 Å². The van der Waals surface area contributed by atoms with Crippen LogP contribution in [-0.4, -0.2) is 22.0 Å². The Morgan fingerprint density at radius 3 is 2.56 bits per heavy atom. The molecule has 0 N–H and O–H groups in total. The first-order valence-corrected chi connectivity index (χ1v) is 5.75. The smallest absolute Gasteiger partial charge is 0.338 e. The number of carbonyl (C=O) groups is 1. The fourth-order valence-corrected chi connectivity index (χ4v) is 1.49. The molecular formula is C14H14N2O2. The van der Waals surface area contributed by atoms with Gasteiger partial charge in [-0.1, -0.05) is 6.07 Å². The lowest BCUT2D eigenvalue weighted by Crippen LogP contribution is -2.11. The predicted molar refractivity (Wildman–Crippen MR) is 68.0 cm³/mol. The Morgan fingerprint density at radius 2 is 1.89 bits per heavy atom. The molecule has 2 rings (SSSR count). The molecule has 4 heteroatoms. The molecule has 92 valence electrons. The molecule has 0 aliphatic rings. The number of esters is 1. The number of hydrogen-bond donors (Lipinski definition) is 0. The fourth-order valence-electron chi connectivity index (χ4n) is 1.49. The van der Waals surface area contributed by atoms with Gasteiger partial charge in [-0.3, -0.25) is 9.97 Å². The van der Waals surface area contributed by atoms with Crippen molar-refractivity contribution >= 4 is 5.97 Å². The zero-order chi connectivity index (χ0) is 13.0. The Kier molecular flexibility index (Phi) is 3.67. The molecule has 0 amide bonds. The van der Waals surface area contributed by atoms with Gasteiger partial charge in [0.15, 0.2) is 0 Å². The van der Waals surface area contributed by atoms with Crippen LogP contribution in [-0.2, 0) is 4.74 Å². The molecule has 0 atom stereocenters. The van der Waals surface area contributed by atoms with E-state index >= 15 is 0 Å². The van der Waals surface area contributed by atoms with Crippen molar-refractivity contribution in [2.75, 3.05) is 0 Å². The molecule has 0 saturated carbocycles. The van der Waals surface area contributed by atoms with Gasteiger partial charge in [-0.05, 0) is 38.1 Å². The second kappa shape index (κ2) is 5.40. The Hall–Kier alpha value is -2.23. The maximum absolute atomic E-state index is 11.8. The number of nitrogens with zero attached hydrogens (tertiary/aromatic N) is 2. The molecule has 4 nitrogen and oxygen atoms in total. The summed E-state index contributed by atoms with van der Waals surface area (Å²) in [4.78, 5) is 20.2. The summed E-state index contributed by atoms with van der Waals surface area (Å²) < 4.78 is 5.14. The standard InChI is InChI=1S/C14H14N2O2/c1-10(2)18-14(17)11-6-8-16-13(9-11)12-5-3-4-7-15-12/h3-10H,1-2H3. The van der Waals surface area contributed by atoms with E-state index in [4.69, 9.17) is 4.74 Å². The molecule has 2 heterocycles. The maximum Gasteiger partial charge on any atom is 0.338 e. The van der Waals surface area contributed by atoms with Crippen LogP contribution in [0.1, 0.15) is 24.2 Å². The highest BCUT2D eigenvalue weighted by Crippen LogP contribution is 2.15. The molecule has 0 aliphatic carbocycles. The summed E-state index contributed by atoms with van der Waals surface area (Å²) in [6, 6.07) is 8.88. The third-order valence-electron chi connectivity index (χ3n) is 2.27. The number of hydrogen-bond acceptors (Lipinski definition) is 4. The molecule has 18 heavy (non-hydrogen) atoms. The van der Waals surface area contributed by atoms with Crippen molar-refractivity contribution in [1.29, 1.82) is 0 Å². The van der Waals surface area contributed by atoms with Crippen molar-refractivity contribution in [3.63, 3.8) is 0 Å². The van der Waals surface area contributed by atoms with Gasteiger partial charge in [-0.25, -0.2) is 4.79 Å². The van der Waals surface area contributed by atoms with Crippen LogP contribution in [0, 0.1) is 0 Å². The lowest BCUT2D eigenvalue weighted by molar-refractivity contribution is 0.0378. The quantitative estimate of drug-likeness (QED) is 0.776. The zero-order valence-electron chi connectivity index (χ0n) is 10.3. The Bertz CT molecular complexity index is 539. The van der Waals surface area contributed by atoms with E-state index in [2.05, 4.69) is 9.97 Å². The van der Waals surface area contributed by atoms with Gasteiger partial charge in [0.25, 0.3) is 0 Å². The number of carbonyl (C=O) groups excluding carboxylic acids is 1. The van der Waals surface area contributed by atoms with Crippen molar-refractivity contribution in [2.24, 2.45) is 0 Å². The minimum Gasteiger partial charge on any atom is -0.459 e. The largest absolute Gasteiger partial charge is 0.459 e. The van der Waals surface area contributed by atoms with E-state index in [1.807, 2.05) is 32.0 Å². The van der Waals surface area contributed by atoms with Crippen LogP contribution in [0.25, 0.3) is 11.4 Å². The molecule has 0 radical (unpaired) electrons. The SMILES string of the molecule is CC(C)OC(=O)c1ccnc(-c2ccccn2)c1. The van der Waals surface area contributed by atoms with E-state index in [1.165, 1.54) is 0 Å². The monoisotopic (exact) mass is 242 g/mol. The summed E-state index contributed by atoms with van der Waals surface area (Å²) in [5.74, 6) is -0.343. The van der Waals surface area contributed by atoms with Crippen molar-refractivity contribution in [2.45, 2.75) is 20.0 Å². The highest BCUT2D eigenvalue weighted by molar-refractivity contribution is 5.90. The molecule has 2 aromatic rings. The minimum atomic E-state index is -0.343. The summed E-state index contributed by atoms with van der Waals surface area (Å²) in [5.41, 5.74) is 1.88. The van der Waals surface area contributed by atoms with Gasteiger partial charge < -0.3 is 4.74 Å². The summed E-state index contributed by atoms with van der Waals surface area (Å²) in [6.45, 7) is 3.64. The summed E-state index contributed by atoms with van der Waals surface area (Å²) in [7, 11) is 0. The molecule has 0 aromatic carbocycles. The van der Waals surface area contributed by atoms with Gasteiger partial charge in [0.05, 0.1) is 23.1 Å². The average molecular weight is 242 g/mol. The van der Waals surface area contributed by atoms with Crippen molar-refractivity contribution in [3.8, 4) is 11.4 Å². The normalized spacial score (nSPS) is 10.4. The molecule has 0 fully saturated rings. The molecule has 0 spiro atoms. The van der Waals surface area contributed by atoms with E-state index in [9.17, 15) is 4.79 Å². The van der Waals surface area contributed by atoms with Gasteiger partial charge in [-0.2, -0.15) is 0 Å². The highest BCUT2D eigenvalue weighted by Gasteiger charge is 2.11. The van der Waals surface area contributed by atoms with Crippen LogP contribution >= 0.6 is 0 Å². The third kappa shape index (κ3) is 2.91. The van der Waals surface area contributed by atoms with Gasteiger partial charge in [0.2, 0.25) is 0 Å². The van der Waals surface area contributed by atoms with Crippen LogP contribution < -0.4 is 0 Å². The van der Waals surface area contributed by atoms with Gasteiger partial charge in [-0.15, -0.1) is 0 Å². The Labute approximate surface area is 106 Å². The van der Waals surface area contributed by atoms with E-state index in [-0.39, 0.29) is 12.1 Å². The molecule has 0 aliphatic heterocycles. The molecule has 0 unspecified atom stereocenters. The van der Waals surface area contributed by atoms with Crippen molar-refractivity contribution < 1.29 is 9.53 Å². The molecular weight excluding hydrogens is 228 g/mol. The summed E-state index contributed by atoms with van der Waals surface area (Å²) in [5, 5.41) is 0. The van der Waals surface area contributed by atoms with Gasteiger partial charge in [0.1, 0.15) is 0 Å². The first-order chi connectivity index (χ1) is 8.66. The second-order valence-corrected chi connectivity index (χ2v) is 4.10. The lowest BCUT2D eigenvalue weighted by atomic mass is 10.2. The second-order valence-electron chi connectivity index (χ2n) is 4.10. The topological polar surface area (TPSA) is 52.1 Å². The van der Waals surface area contributed by atoms with Crippen LogP contribution in [0.3, 0.4) is 0 Å². The summed E-state index contributed by atoms with van der Waals surface area (Å²) in [6.07, 6.45) is 3.14. The molecule has 2 aromatic heterocycles. The third-order valence-corrected chi connectivity index (χ3v) is 2.27. The lowest BCUT2D eigenvalue weighted by Gasteiger charge is -2.08. The van der Waals surface area contributed by atoms with E-state index in [0.717, 1.165) is 5.69 Å². The number of rotatable bonds is 3. The highest BCUT2D eigenvalue weighted by atomic mass is 16.5. The maximum atomic E-state index is 11.8. The number of pyridine rings is 2.